The van der Waals surface area contributed by atoms with Crippen molar-refractivity contribution in [2.75, 3.05) is 0 Å². The van der Waals surface area contributed by atoms with Gasteiger partial charge in [0.25, 0.3) is 0 Å². The summed E-state index contributed by atoms with van der Waals surface area (Å²) < 4.78 is 92.1. The zero-order valence-corrected chi connectivity index (χ0v) is 23.8. The summed E-state index contributed by atoms with van der Waals surface area (Å²) in [6, 6.07) is 9.27. The highest BCUT2D eigenvalue weighted by atomic mass is 19.4. The first-order chi connectivity index (χ1) is 19.4. The highest BCUT2D eigenvalue weighted by molar-refractivity contribution is 5.81. The number of hydrogen-bond donors (Lipinski definition) is 1. The van der Waals surface area contributed by atoms with Gasteiger partial charge in [-0.15, -0.1) is 13.2 Å². The molecule has 1 heterocycles. The molecule has 12 heteroatoms. The third-order valence-corrected chi connectivity index (χ3v) is 6.96. The Morgan fingerprint density at radius 1 is 0.905 bits per heavy atom. The standard InChI is InChI=1S/C30H35F6NO5/c1-18-24(17-20-10-14-23(15-11-20)41-30(34,35)36)21(16-19-8-12-22(13-9-19)29(31,32)33)6-5-7-25(26(38)40-18)37-27(39)42-28(2,3)4/h8-15,18,21,24-25H,5-7,16-17H2,1-4H3,(H,37,39). The van der Waals surface area contributed by atoms with Gasteiger partial charge in [-0.1, -0.05) is 30.7 Å². The van der Waals surface area contributed by atoms with Crippen LogP contribution >= 0.6 is 0 Å². The quantitative estimate of drug-likeness (QED) is 0.272. The molecule has 3 rings (SSSR count). The molecule has 6 nitrogen and oxygen atoms in total. The number of amides is 1. The predicted molar refractivity (Wildman–Crippen MR) is 142 cm³/mol. The van der Waals surface area contributed by atoms with Crippen LogP contribution in [0.3, 0.4) is 0 Å². The fourth-order valence-corrected chi connectivity index (χ4v) is 5.05. The Kier molecular flexibility index (Phi) is 10.4. The minimum absolute atomic E-state index is 0.170. The van der Waals surface area contributed by atoms with Crippen LogP contribution < -0.4 is 10.1 Å². The largest absolute Gasteiger partial charge is 0.573 e. The second-order valence-electron chi connectivity index (χ2n) is 11.5. The minimum Gasteiger partial charge on any atom is -0.461 e. The van der Waals surface area contributed by atoms with Crippen molar-refractivity contribution in [3.63, 3.8) is 0 Å². The molecule has 0 aliphatic carbocycles. The van der Waals surface area contributed by atoms with E-state index in [9.17, 15) is 35.9 Å². The fourth-order valence-electron chi connectivity index (χ4n) is 5.05. The van der Waals surface area contributed by atoms with Crippen LogP contribution in [0.2, 0.25) is 0 Å². The van der Waals surface area contributed by atoms with E-state index in [-0.39, 0.29) is 24.0 Å². The van der Waals surface area contributed by atoms with Crippen molar-refractivity contribution >= 4 is 12.1 Å². The smallest absolute Gasteiger partial charge is 0.461 e. The van der Waals surface area contributed by atoms with Crippen LogP contribution in [-0.2, 0) is 33.3 Å². The Hall–Kier alpha value is -3.44. The summed E-state index contributed by atoms with van der Waals surface area (Å²) in [6.45, 7) is 6.76. The van der Waals surface area contributed by atoms with E-state index in [1.165, 1.54) is 36.4 Å². The van der Waals surface area contributed by atoms with Gasteiger partial charge in [-0.2, -0.15) is 13.2 Å². The number of ether oxygens (including phenoxy) is 3. The zero-order valence-electron chi connectivity index (χ0n) is 23.8. The van der Waals surface area contributed by atoms with Crippen LogP contribution in [0.25, 0.3) is 0 Å². The Morgan fingerprint density at radius 3 is 2.02 bits per heavy atom. The monoisotopic (exact) mass is 603 g/mol. The molecule has 1 fully saturated rings. The number of hydrogen-bond acceptors (Lipinski definition) is 5. The third kappa shape index (κ3) is 10.4. The van der Waals surface area contributed by atoms with Gasteiger partial charge in [0.2, 0.25) is 0 Å². The van der Waals surface area contributed by atoms with Crippen molar-refractivity contribution in [1.29, 1.82) is 0 Å². The Labute approximate surface area is 240 Å². The third-order valence-electron chi connectivity index (χ3n) is 6.96. The first-order valence-electron chi connectivity index (χ1n) is 13.6. The predicted octanol–water partition coefficient (Wildman–Crippen LogP) is 7.63. The SMILES string of the molecule is CC1OC(=O)C(NC(=O)OC(C)(C)C)CCCC(Cc2ccc(C(F)(F)F)cc2)C1Cc1ccc(OC(F)(F)F)cc1. The van der Waals surface area contributed by atoms with Crippen molar-refractivity contribution < 1.29 is 50.1 Å². The molecule has 1 aliphatic heterocycles. The van der Waals surface area contributed by atoms with Gasteiger partial charge < -0.3 is 19.5 Å². The van der Waals surface area contributed by atoms with Crippen LogP contribution in [0.15, 0.2) is 48.5 Å². The van der Waals surface area contributed by atoms with Gasteiger partial charge in [0.05, 0.1) is 5.56 Å². The van der Waals surface area contributed by atoms with Crippen molar-refractivity contribution in [1.82, 2.24) is 5.32 Å². The molecule has 0 aromatic heterocycles. The summed E-state index contributed by atoms with van der Waals surface area (Å²) in [5, 5.41) is 2.57. The Morgan fingerprint density at radius 2 is 1.48 bits per heavy atom. The summed E-state index contributed by atoms with van der Waals surface area (Å²) in [5.41, 5.74) is -0.222. The number of alkyl carbamates (subject to hydrolysis) is 1. The number of carbonyl (C=O) groups excluding carboxylic acids is 2. The van der Waals surface area contributed by atoms with Crippen molar-refractivity contribution in [2.24, 2.45) is 11.8 Å². The molecule has 4 unspecified atom stereocenters. The Bertz CT molecular complexity index is 1190. The number of cyclic esters (lactones) is 1. The molecule has 4 atom stereocenters. The molecule has 232 valence electrons. The first kappa shape index (κ1) is 33.1. The second-order valence-corrected chi connectivity index (χ2v) is 11.5. The molecular weight excluding hydrogens is 568 g/mol. The van der Waals surface area contributed by atoms with Gasteiger partial charge >= 0.3 is 24.6 Å². The van der Waals surface area contributed by atoms with E-state index in [2.05, 4.69) is 10.1 Å². The summed E-state index contributed by atoms with van der Waals surface area (Å²) in [7, 11) is 0. The number of benzene rings is 2. The minimum atomic E-state index is -4.83. The lowest BCUT2D eigenvalue weighted by atomic mass is 9.77. The van der Waals surface area contributed by atoms with Crippen molar-refractivity contribution in [3.05, 3.63) is 65.2 Å². The molecule has 0 saturated carbocycles. The van der Waals surface area contributed by atoms with Crippen LogP contribution in [-0.4, -0.2) is 36.2 Å². The molecule has 1 N–H and O–H groups in total. The van der Waals surface area contributed by atoms with E-state index < -0.39 is 47.9 Å². The second kappa shape index (κ2) is 13.2. The van der Waals surface area contributed by atoms with Crippen LogP contribution in [0.5, 0.6) is 5.75 Å². The number of nitrogens with one attached hydrogen (secondary N) is 1. The van der Waals surface area contributed by atoms with Crippen molar-refractivity contribution in [3.8, 4) is 5.75 Å². The molecule has 1 aliphatic rings. The van der Waals surface area contributed by atoms with Gasteiger partial charge in [-0.05, 0) is 94.7 Å². The lowest BCUT2D eigenvalue weighted by molar-refractivity contribution is -0.274. The maximum absolute atomic E-state index is 13.1. The lowest BCUT2D eigenvalue weighted by Crippen LogP contribution is -2.45. The molecular formula is C30H35F6NO5. The van der Waals surface area contributed by atoms with Gasteiger partial charge in [-0.3, -0.25) is 0 Å². The van der Waals surface area contributed by atoms with Gasteiger partial charge in [0.1, 0.15) is 23.5 Å². The molecule has 1 saturated heterocycles. The molecule has 2 aromatic carbocycles. The fraction of sp³-hybridized carbons (Fsp3) is 0.533. The number of alkyl halides is 6. The van der Waals surface area contributed by atoms with E-state index in [0.717, 1.165) is 12.1 Å². The molecule has 0 spiro atoms. The molecule has 0 radical (unpaired) electrons. The maximum atomic E-state index is 13.1. The maximum Gasteiger partial charge on any atom is 0.573 e. The van der Waals surface area contributed by atoms with E-state index in [0.29, 0.717) is 36.8 Å². The number of carbonyl (C=O) groups is 2. The van der Waals surface area contributed by atoms with E-state index in [4.69, 9.17) is 9.47 Å². The summed E-state index contributed by atoms with van der Waals surface area (Å²) in [6.07, 6.45) is -8.78. The lowest BCUT2D eigenvalue weighted by Gasteiger charge is -2.32. The van der Waals surface area contributed by atoms with Gasteiger partial charge in [0, 0.05) is 5.92 Å². The molecule has 0 bridgehead atoms. The molecule has 42 heavy (non-hydrogen) atoms. The van der Waals surface area contributed by atoms with E-state index in [1.54, 1.807) is 27.7 Å². The van der Waals surface area contributed by atoms with E-state index >= 15 is 0 Å². The van der Waals surface area contributed by atoms with Gasteiger partial charge in [-0.25, -0.2) is 9.59 Å². The first-order valence-corrected chi connectivity index (χ1v) is 13.6. The van der Waals surface area contributed by atoms with Crippen LogP contribution in [0.1, 0.15) is 63.6 Å². The van der Waals surface area contributed by atoms with Crippen molar-refractivity contribution in [2.45, 2.75) is 90.1 Å². The summed E-state index contributed by atoms with van der Waals surface area (Å²) >= 11 is 0. The number of esters is 1. The van der Waals surface area contributed by atoms with Gasteiger partial charge in [0.15, 0.2) is 0 Å². The summed E-state index contributed by atoms with van der Waals surface area (Å²) in [5.74, 6) is -1.54. The average molecular weight is 604 g/mol. The topological polar surface area (TPSA) is 73.9 Å². The average Bonchev–Trinajstić information content (AvgIpc) is 2.88. The Balaban J connectivity index is 1.85. The highest BCUT2D eigenvalue weighted by Crippen LogP contribution is 2.35. The number of halogens is 6. The highest BCUT2D eigenvalue weighted by Gasteiger charge is 2.36. The van der Waals surface area contributed by atoms with E-state index in [1.807, 2.05) is 0 Å². The molecule has 2 aromatic rings. The van der Waals surface area contributed by atoms with Crippen LogP contribution in [0.4, 0.5) is 31.1 Å². The molecule has 1 amide bonds. The normalized spacial score (nSPS) is 22.3. The zero-order chi connectivity index (χ0) is 31.3. The number of rotatable bonds is 6. The van der Waals surface area contributed by atoms with Crippen LogP contribution in [0, 0.1) is 11.8 Å². The summed E-state index contributed by atoms with van der Waals surface area (Å²) in [4.78, 5) is 25.4.